The van der Waals surface area contributed by atoms with E-state index in [-0.39, 0.29) is 11.1 Å². The van der Waals surface area contributed by atoms with Gasteiger partial charge in [-0.2, -0.15) is 4.99 Å². The molecule has 3 N–H and O–H groups in total. The van der Waals surface area contributed by atoms with Crippen molar-refractivity contribution >= 4 is 29.8 Å². The molecule has 0 saturated heterocycles. The maximum absolute atomic E-state index is 9.74. The van der Waals surface area contributed by atoms with Gasteiger partial charge in [0.15, 0.2) is 0 Å². The Morgan fingerprint density at radius 3 is 2.90 bits per heavy atom. The topological polar surface area (TPSA) is 76.7 Å². The zero-order valence-electron chi connectivity index (χ0n) is 5.33. The minimum absolute atomic E-state index is 0.0191. The molecule has 0 spiro atoms. The van der Waals surface area contributed by atoms with Crippen molar-refractivity contribution in [3.63, 3.8) is 0 Å². The second-order valence-electron chi connectivity index (χ2n) is 1.22. The van der Waals surface area contributed by atoms with Crippen LogP contribution in [0.15, 0.2) is 4.99 Å². The third-order valence-corrected chi connectivity index (χ3v) is 0.812. The van der Waals surface area contributed by atoms with Crippen LogP contribution in [0.4, 0.5) is 0 Å². The number of thiocarbonyl (C=S) groups is 1. The molecule has 0 aromatic carbocycles. The van der Waals surface area contributed by atoms with Crippen molar-refractivity contribution in [3.05, 3.63) is 0 Å². The van der Waals surface area contributed by atoms with E-state index in [4.69, 9.17) is 5.73 Å². The van der Waals surface area contributed by atoms with Crippen LogP contribution in [0.2, 0.25) is 0 Å². The summed E-state index contributed by atoms with van der Waals surface area (Å²) < 4.78 is 4.45. The first-order valence-corrected chi connectivity index (χ1v) is 2.74. The number of methoxy groups -OCH3 is 1. The lowest BCUT2D eigenvalue weighted by molar-refractivity contribution is -0.108. The van der Waals surface area contributed by atoms with Crippen molar-refractivity contribution < 1.29 is 9.53 Å². The molecule has 0 heterocycles. The van der Waals surface area contributed by atoms with Gasteiger partial charge in [-0.1, -0.05) is 0 Å². The minimum Gasteiger partial charge on any atom is -0.468 e. The van der Waals surface area contributed by atoms with Crippen molar-refractivity contribution in [1.29, 1.82) is 0 Å². The molecule has 0 aromatic rings. The zero-order valence-corrected chi connectivity index (χ0v) is 6.14. The van der Waals surface area contributed by atoms with E-state index in [0.29, 0.717) is 6.41 Å². The van der Waals surface area contributed by atoms with E-state index in [1.165, 1.54) is 7.11 Å². The molecule has 0 bridgehead atoms. The Morgan fingerprint density at radius 1 is 1.90 bits per heavy atom. The van der Waals surface area contributed by atoms with Gasteiger partial charge in [0.25, 0.3) is 6.02 Å². The van der Waals surface area contributed by atoms with E-state index in [1.807, 2.05) is 0 Å². The molecule has 56 valence electrons. The number of amidine groups is 1. The number of hydrogen-bond acceptors (Lipinski definition) is 3. The molecule has 0 radical (unpaired) electrons. The Morgan fingerprint density at radius 2 is 2.50 bits per heavy atom. The molecular formula is C4H7N3O2S. The van der Waals surface area contributed by atoms with Gasteiger partial charge in [0.2, 0.25) is 11.5 Å². The highest BCUT2D eigenvalue weighted by molar-refractivity contribution is 7.80. The number of ether oxygens (including phenoxy) is 1. The number of hydrogen-bond donors (Lipinski definition) is 2. The fourth-order valence-corrected chi connectivity index (χ4v) is 0.366. The molecule has 0 aromatic heterocycles. The predicted octanol–water partition coefficient (Wildman–Crippen LogP) is -1.02. The van der Waals surface area contributed by atoms with Crippen molar-refractivity contribution in [2.45, 2.75) is 0 Å². The van der Waals surface area contributed by atoms with E-state index in [0.717, 1.165) is 0 Å². The van der Waals surface area contributed by atoms with Crippen LogP contribution in [0, 0.1) is 0 Å². The summed E-state index contributed by atoms with van der Waals surface area (Å²) in [7, 11) is 1.35. The van der Waals surface area contributed by atoms with Crippen LogP contribution in [0.3, 0.4) is 0 Å². The number of amides is 1. The number of nitrogens with zero attached hydrogens (tertiary/aromatic N) is 1. The van der Waals surface area contributed by atoms with Crippen molar-refractivity contribution in [2.75, 3.05) is 7.11 Å². The number of nitrogens with one attached hydrogen (secondary N) is 1. The molecule has 6 heteroatoms. The van der Waals surface area contributed by atoms with Crippen molar-refractivity contribution in [1.82, 2.24) is 5.32 Å². The molecular weight excluding hydrogens is 154 g/mol. The van der Waals surface area contributed by atoms with Gasteiger partial charge >= 0.3 is 0 Å². The Balaban J connectivity index is 3.86. The third-order valence-electron chi connectivity index (χ3n) is 0.603. The smallest absolute Gasteiger partial charge is 0.289 e. The molecule has 0 fully saturated rings. The van der Waals surface area contributed by atoms with E-state index in [2.05, 4.69) is 27.3 Å². The lowest BCUT2D eigenvalue weighted by Crippen LogP contribution is -2.22. The summed E-state index contributed by atoms with van der Waals surface area (Å²) in [5, 5.41) is 2.10. The van der Waals surface area contributed by atoms with Crippen LogP contribution >= 0.6 is 12.2 Å². The molecule has 0 aliphatic rings. The number of rotatable bonds is 1. The Labute approximate surface area is 63.3 Å². The zero-order chi connectivity index (χ0) is 7.98. The van der Waals surface area contributed by atoms with Crippen molar-refractivity contribution in [2.24, 2.45) is 10.7 Å². The van der Waals surface area contributed by atoms with Crippen LogP contribution in [0.1, 0.15) is 0 Å². The average Bonchev–Trinajstić information content (AvgIpc) is 1.88. The van der Waals surface area contributed by atoms with Crippen molar-refractivity contribution in [3.8, 4) is 0 Å². The third kappa shape index (κ3) is 3.79. The van der Waals surface area contributed by atoms with Crippen LogP contribution in [0.25, 0.3) is 0 Å². The molecule has 0 atom stereocenters. The average molecular weight is 161 g/mol. The summed E-state index contributed by atoms with van der Waals surface area (Å²) in [6, 6.07) is -0.0839. The van der Waals surface area contributed by atoms with Crippen LogP contribution in [-0.4, -0.2) is 24.7 Å². The fourth-order valence-electron chi connectivity index (χ4n) is 0.228. The first-order valence-electron chi connectivity index (χ1n) is 2.33. The second-order valence-corrected chi connectivity index (χ2v) is 1.61. The standard InChI is InChI=1S/C4H7N3O2S/c1-9-3(5)7-4(10)6-2-8/h2H,1H3,(H3,5,6,7,8,10). The van der Waals surface area contributed by atoms with E-state index in [1.54, 1.807) is 0 Å². The summed E-state index contributed by atoms with van der Waals surface area (Å²) in [6.07, 6.45) is 0.411. The number of carbonyl (C=O) groups excluding carboxylic acids is 1. The van der Waals surface area contributed by atoms with Gasteiger partial charge in [0, 0.05) is 0 Å². The monoisotopic (exact) mass is 161 g/mol. The van der Waals surface area contributed by atoms with E-state index >= 15 is 0 Å². The highest BCUT2D eigenvalue weighted by atomic mass is 32.1. The van der Waals surface area contributed by atoms with Gasteiger partial charge in [-0.15, -0.1) is 0 Å². The lowest BCUT2D eigenvalue weighted by atomic mass is 11.0. The number of carbonyl (C=O) groups is 1. The molecule has 0 aliphatic carbocycles. The summed E-state index contributed by atoms with van der Waals surface area (Å²) in [5.41, 5.74) is 5.09. The molecule has 5 nitrogen and oxygen atoms in total. The molecule has 10 heavy (non-hydrogen) atoms. The number of aliphatic imine (C=N–C) groups is 1. The van der Waals surface area contributed by atoms with Gasteiger partial charge in [-0.05, 0) is 12.2 Å². The first-order chi connectivity index (χ1) is 4.70. The molecule has 0 rings (SSSR count). The lowest BCUT2D eigenvalue weighted by Gasteiger charge is -1.96. The molecule has 0 unspecified atom stereocenters. The molecule has 0 aliphatic heterocycles. The Kier molecular flexibility index (Phi) is 4.14. The quantitative estimate of drug-likeness (QED) is 0.223. The van der Waals surface area contributed by atoms with Gasteiger partial charge in [0.05, 0.1) is 7.11 Å². The largest absolute Gasteiger partial charge is 0.468 e. The molecule has 0 saturated carbocycles. The summed E-state index contributed by atoms with van der Waals surface area (Å²) in [6.45, 7) is 0. The summed E-state index contributed by atoms with van der Waals surface area (Å²) in [4.78, 5) is 13.2. The maximum atomic E-state index is 9.74. The molecule has 1 amide bonds. The summed E-state index contributed by atoms with van der Waals surface area (Å²) >= 11 is 4.51. The number of nitrogens with two attached hydrogens (primary N) is 1. The van der Waals surface area contributed by atoms with Crippen LogP contribution < -0.4 is 11.1 Å². The Hall–Kier alpha value is -1.17. The highest BCUT2D eigenvalue weighted by Gasteiger charge is 1.91. The van der Waals surface area contributed by atoms with Crippen LogP contribution in [0.5, 0.6) is 0 Å². The SMILES string of the molecule is CO/C(N)=N/C(=S)NC=O. The van der Waals surface area contributed by atoms with E-state index in [9.17, 15) is 4.79 Å². The maximum Gasteiger partial charge on any atom is 0.289 e. The fraction of sp³-hybridized carbons (Fsp3) is 0.250. The van der Waals surface area contributed by atoms with Gasteiger partial charge in [-0.25, -0.2) is 0 Å². The first kappa shape index (κ1) is 8.83. The normalized spacial score (nSPS) is 10.3. The van der Waals surface area contributed by atoms with Gasteiger partial charge < -0.3 is 15.8 Å². The minimum atomic E-state index is -0.0839. The summed E-state index contributed by atoms with van der Waals surface area (Å²) in [5.74, 6) is 0. The Bertz CT molecular complexity index is 168. The second kappa shape index (κ2) is 4.68. The van der Waals surface area contributed by atoms with Crippen LogP contribution in [-0.2, 0) is 9.53 Å². The highest BCUT2D eigenvalue weighted by Crippen LogP contribution is 1.74. The van der Waals surface area contributed by atoms with Gasteiger partial charge in [0.1, 0.15) is 0 Å². The van der Waals surface area contributed by atoms with E-state index < -0.39 is 0 Å². The van der Waals surface area contributed by atoms with Gasteiger partial charge in [-0.3, -0.25) is 4.79 Å². The predicted molar refractivity (Wildman–Crippen MR) is 40.4 cm³/mol.